The molecule has 1 aromatic rings. The summed E-state index contributed by atoms with van der Waals surface area (Å²) in [5.41, 5.74) is -0.596. The van der Waals surface area contributed by atoms with E-state index >= 15 is 0 Å². The zero-order chi connectivity index (χ0) is 6.85. The number of rotatable bonds is 0. The van der Waals surface area contributed by atoms with Gasteiger partial charge in [0.2, 0.25) is 5.82 Å². The topological polar surface area (TPSA) is 45.8 Å². The van der Waals surface area contributed by atoms with Gasteiger partial charge < -0.3 is 4.98 Å². The molecule has 3 nitrogen and oxygen atoms in total. The van der Waals surface area contributed by atoms with Gasteiger partial charge in [-0.05, 0) is 6.92 Å². The lowest BCUT2D eigenvalue weighted by Gasteiger charge is -1.88. The Morgan fingerprint density at radius 1 is 1.70 bits per heavy atom. The molecule has 0 spiro atoms. The average molecular weight is 165 g/mol. The van der Waals surface area contributed by atoms with Gasteiger partial charge in [0.1, 0.15) is 0 Å². The largest absolute Gasteiger partial charge is 0.311 e. The van der Waals surface area contributed by atoms with Gasteiger partial charge in [0.25, 0.3) is 5.56 Å². The Morgan fingerprint density at radius 3 is 2.70 bits per heavy atom. The van der Waals surface area contributed by atoms with Crippen molar-refractivity contribution in [3.63, 3.8) is 0 Å². The zero-order valence-electron chi connectivity index (χ0n) is 5.22. The van der Waals surface area contributed by atoms with Crippen LogP contribution < -0.4 is 5.56 Å². The third-order valence-corrected chi connectivity index (χ3v) is 0.971. The number of hydrogen-bond donors (Lipinski definition) is 1. The normalized spacial score (nSPS) is 8.60. The maximum absolute atomic E-state index is 12.3. The summed E-state index contributed by atoms with van der Waals surface area (Å²) in [6, 6.07) is 0. The smallest absolute Gasteiger partial charge is 0.287 e. The van der Waals surface area contributed by atoms with E-state index in [1.807, 2.05) is 0 Å². The molecule has 0 aliphatic rings. The van der Waals surface area contributed by atoms with Crippen molar-refractivity contribution in [2.24, 2.45) is 0 Å². The summed E-state index contributed by atoms with van der Waals surface area (Å²) >= 11 is 0. The predicted octanol–water partition coefficient (Wildman–Crippen LogP) is 0.639. The lowest BCUT2D eigenvalue weighted by Crippen LogP contribution is -2.12. The number of halogens is 2. The molecular formula is C5H6ClFN2O. The van der Waals surface area contributed by atoms with E-state index in [9.17, 15) is 9.18 Å². The fourth-order valence-electron chi connectivity index (χ4n) is 0.472. The minimum absolute atomic E-state index is 0. The quantitative estimate of drug-likeness (QED) is 0.612. The summed E-state index contributed by atoms with van der Waals surface area (Å²) in [6.07, 6.45) is 1.17. The molecule has 0 aromatic carbocycles. The van der Waals surface area contributed by atoms with Gasteiger partial charge in [-0.2, -0.15) is 4.39 Å². The van der Waals surface area contributed by atoms with Crippen molar-refractivity contribution in [1.82, 2.24) is 9.97 Å². The molecular weight excluding hydrogens is 159 g/mol. The van der Waals surface area contributed by atoms with Crippen LogP contribution in [0.15, 0.2) is 11.1 Å². The van der Waals surface area contributed by atoms with Crippen molar-refractivity contribution >= 4 is 12.4 Å². The minimum atomic E-state index is -0.808. The van der Waals surface area contributed by atoms with Crippen molar-refractivity contribution in [3.05, 3.63) is 28.2 Å². The second-order valence-corrected chi connectivity index (χ2v) is 1.63. The van der Waals surface area contributed by atoms with Crippen LogP contribution in [0.1, 0.15) is 5.69 Å². The van der Waals surface area contributed by atoms with Crippen LogP contribution in [0.4, 0.5) is 4.39 Å². The van der Waals surface area contributed by atoms with E-state index in [0.29, 0.717) is 0 Å². The highest BCUT2D eigenvalue weighted by Gasteiger charge is 1.99. The average Bonchev–Trinajstić information content (AvgIpc) is 1.83. The van der Waals surface area contributed by atoms with Crippen LogP contribution in [0.3, 0.4) is 0 Å². The Kier molecular flexibility index (Phi) is 3.02. The van der Waals surface area contributed by atoms with Crippen molar-refractivity contribution in [2.75, 3.05) is 0 Å². The van der Waals surface area contributed by atoms with Gasteiger partial charge in [-0.15, -0.1) is 12.4 Å². The van der Waals surface area contributed by atoms with Crippen LogP contribution >= 0.6 is 12.4 Å². The van der Waals surface area contributed by atoms with Gasteiger partial charge in [-0.3, -0.25) is 4.79 Å². The number of nitrogens with one attached hydrogen (secondary N) is 1. The third kappa shape index (κ3) is 1.54. The number of aryl methyl sites for hydroxylation is 1. The number of aromatic nitrogens is 2. The molecule has 10 heavy (non-hydrogen) atoms. The van der Waals surface area contributed by atoms with Crippen molar-refractivity contribution in [2.45, 2.75) is 6.92 Å². The molecule has 0 atom stereocenters. The molecule has 0 amide bonds. The number of hydrogen-bond acceptors (Lipinski definition) is 2. The first-order valence-electron chi connectivity index (χ1n) is 2.41. The first-order chi connectivity index (χ1) is 4.22. The van der Waals surface area contributed by atoms with Crippen molar-refractivity contribution < 1.29 is 4.39 Å². The molecule has 56 valence electrons. The third-order valence-electron chi connectivity index (χ3n) is 0.971. The Labute approximate surface area is 62.7 Å². The summed E-state index contributed by atoms with van der Waals surface area (Å²) in [5.74, 6) is -0.808. The molecule has 5 heteroatoms. The van der Waals surface area contributed by atoms with E-state index in [1.165, 1.54) is 13.3 Å². The van der Waals surface area contributed by atoms with Gasteiger partial charge in [-0.1, -0.05) is 0 Å². The summed E-state index contributed by atoms with van der Waals surface area (Å²) in [7, 11) is 0. The van der Waals surface area contributed by atoms with E-state index in [2.05, 4.69) is 9.97 Å². The number of H-pyrrole nitrogens is 1. The highest BCUT2D eigenvalue weighted by Crippen LogP contribution is 1.89. The van der Waals surface area contributed by atoms with E-state index < -0.39 is 11.4 Å². The highest BCUT2D eigenvalue weighted by molar-refractivity contribution is 5.85. The first-order valence-corrected chi connectivity index (χ1v) is 2.41. The monoisotopic (exact) mass is 164 g/mol. The van der Waals surface area contributed by atoms with Crippen LogP contribution in [0.25, 0.3) is 0 Å². The second-order valence-electron chi connectivity index (χ2n) is 1.63. The van der Waals surface area contributed by atoms with Gasteiger partial charge in [0, 0.05) is 0 Å². The first kappa shape index (κ1) is 9.10. The van der Waals surface area contributed by atoms with Crippen molar-refractivity contribution in [1.29, 1.82) is 0 Å². The van der Waals surface area contributed by atoms with E-state index in [1.54, 1.807) is 0 Å². The van der Waals surface area contributed by atoms with E-state index in [-0.39, 0.29) is 18.1 Å². The van der Waals surface area contributed by atoms with Crippen LogP contribution in [0, 0.1) is 12.7 Å². The second kappa shape index (κ2) is 3.31. The molecule has 0 aliphatic carbocycles. The van der Waals surface area contributed by atoms with Crippen LogP contribution in [0.2, 0.25) is 0 Å². The Bertz CT molecular complexity index is 273. The summed E-state index contributed by atoms with van der Waals surface area (Å²) < 4.78 is 12.3. The Balaban J connectivity index is 0.000000810. The van der Waals surface area contributed by atoms with Gasteiger partial charge in [0.05, 0.1) is 12.0 Å². The molecule has 1 heterocycles. The molecule has 0 saturated heterocycles. The molecule has 0 radical (unpaired) electrons. The molecule has 1 aromatic heterocycles. The predicted molar refractivity (Wildman–Crippen MR) is 36.8 cm³/mol. The maximum Gasteiger partial charge on any atom is 0.287 e. The zero-order valence-corrected chi connectivity index (χ0v) is 6.04. The van der Waals surface area contributed by atoms with Gasteiger partial charge in [-0.25, -0.2) is 4.98 Å². The maximum atomic E-state index is 12.3. The van der Waals surface area contributed by atoms with Gasteiger partial charge in [0.15, 0.2) is 0 Å². The molecule has 1 N–H and O–H groups in total. The lowest BCUT2D eigenvalue weighted by molar-refractivity contribution is 0.588. The van der Waals surface area contributed by atoms with Crippen LogP contribution in [-0.2, 0) is 0 Å². The van der Waals surface area contributed by atoms with Crippen molar-refractivity contribution in [3.8, 4) is 0 Å². The number of aromatic amines is 1. The fourth-order valence-corrected chi connectivity index (χ4v) is 0.472. The standard InChI is InChI=1S/C5H5FN2O.ClH/c1-3-4(6)5(9)8-2-7-3;/h2H,1H3,(H,7,8,9);1H. The van der Waals surface area contributed by atoms with Crippen LogP contribution in [-0.4, -0.2) is 9.97 Å². The highest BCUT2D eigenvalue weighted by atomic mass is 35.5. The van der Waals surface area contributed by atoms with Gasteiger partial charge >= 0.3 is 0 Å². The molecule has 1 rings (SSSR count). The molecule has 0 unspecified atom stereocenters. The van der Waals surface area contributed by atoms with Crippen LogP contribution in [0.5, 0.6) is 0 Å². The lowest BCUT2D eigenvalue weighted by atomic mass is 10.4. The minimum Gasteiger partial charge on any atom is -0.311 e. The summed E-state index contributed by atoms with van der Waals surface area (Å²) in [4.78, 5) is 16.0. The van der Waals surface area contributed by atoms with E-state index in [0.717, 1.165) is 0 Å². The van der Waals surface area contributed by atoms with E-state index in [4.69, 9.17) is 0 Å². The number of nitrogens with zero attached hydrogens (tertiary/aromatic N) is 1. The molecule has 0 fully saturated rings. The SMILES string of the molecule is Cc1nc[nH]c(=O)c1F.Cl. The Hall–Kier alpha value is -0.900. The molecule has 0 bridgehead atoms. The molecule has 0 saturated carbocycles. The fraction of sp³-hybridized carbons (Fsp3) is 0.200. The summed E-state index contributed by atoms with van der Waals surface area (Å²) in [6.45, 7) is 1.44. The Morgan fingerprint density at radius 2 is 2.30 bits per heavy atom. The summed E-state index contributed by atoms with van der Waals surface area (Å²) in [5, 5.41) is 0. The molecule has 0 aliphatic heterocycles.